The first kappa shape index (κ1) is 15.1. The minimum absolute atomic E-state index is 0.134. The molecule has 10 heteroatoms. The van der Waals surface area contributed by atoms with Crippen molar-refractivity contribution in [2.45, 2.75) is 10.6 Å². The van der Waals surface area contributed by atoms with E-state index in [1.165, 1.54) is 12.1 Å². The monoisotopic (exact) mass is 343 g/mol. The molecule has 0 bridgehead atoms. The Morgan fingerprint density at radius 1 is 1.20 bits per heavy atom. The highest BCUT2D eigenvalue weighted by Gasteiger charge is 2.31. The molecule has 0 saturated carbocycles. The molecule has 0 aliphatic carbocycles. The van der Waals surface area contributed by atoms with E-state index in [4.69, 9.17) is 10.7 Å². The Balaban J connectivity index is 2.24. The molecule has 0 saturated heterocycles. The lowest BCUT2D eigenvalue weighted by atomic mass is 10.2. The summed E-state index contributed by atoms with van der Waals surface area (Å²) in [6, 6.07) is 4.90. The highest BCUT2D eigenvalue weighted by Crippen LogP contribution is 2.31. The third-order valence-corrected chi connectivity index (χ3v) is 5.17. The van der Waals surface area contributed by atoms with Crippen LogP contribution in [-0.4, -0.2) is 19.8 Å². The highest BCUT2D eigenvalue weighted by molar-refractivity contribution is 8.15. The molecule has 1 aromatic heterocycles. The fourth-order valence-corrected chi connectivity index (χ4v) is 3.18. The van der Waals surface area contributed by atoms with Crippen LogP contribution >= 0.6 is 22.0 Å². The lowest BCUT2D eigenvalue weighted by Gasteiger charge is -2.08. The summed E-state index contributed by atoms with van der Waals surface area (Å²) >= 11 is 0.818. The van der Waals surface area contributed by atoms with E-state index >= 15 is 0 Å². The largest absolute Gasteiger partial charge is 0.573 e. The molecule has 1 heterocycles. The molecule has 0 radical (unpaired) electrons. The molecule has 108 valence electrons. The van der Waals surface area contributed by atoms with E-state index in [9.17, 15) is 21.6 Å². The quantitative estimate of drug-likeness (QED) is 0.798. The zero-order valence-corrected chi connectivity index (χ0v) is 11.8. The van der Waals surface area contributed by atoms with Gasteiger partial charge in [-0.3, -0.25) is 0 Å². The van der Waals surface area contributed by atoms with Gasteiger partial charge in [0.25, 0.3) is 9.05 Å². The van der Waals surface area contributed by atoms with Gasteiger partial charge in [0.05, 0.1) is 6.20 Å². The average Bonchev–Trinajstić information content (AvgIpc) is 2.76. The maximum atomic E-state index is 12.0. The molecule has 0 aliphatic rings. The summed E-state index contributed by atoms with van der Waals surface area (Å²) in [7, 11) is 1.29. The molecule has 0 N–H and O–H groups in total. The maximum Gasteiger partial charge on any atom is 0.573 e. The van der Waals surface area contributed by atoms with Gasteiger partial charge in [-0.15, -0.1) is 24.5 Å². The smallest absolute Gasteiger partial charge is 0.406 e. The van der Waals surface area contributed by atoms with E-state index in [0.717, 1.165) is 29.7 Å². The molecule has 20 heavy (non-hydrogen) atoms. The second kappa shape index (κ2) is 5.23. The molecule has 0 spiro atoms. The fraction of sp³-hybridized carbons (Fsp3) is 0.100. The van der Waals surface area contributed by atoms with Gasteiger partial charge in [-0.25, -0.2) is 13.4 Å². The summed E-state index contributed by atoms with van der Waals surface area (Å²) in [5.74, 6) is -0.372. The normalized spacial score (nSPS) is 12.4. The van der Waals surface area contributed by atoms with Crippen LogP contribution in [0.3, 0.4) is 0 Å². The van der Waals surface area contributed by atoms with E-state index < -0.39 is 15.4 Å². The predicted molar refractivity (Wildman–Crippen MR) is 67.3 cm³/mol. The Morgan fingerprint density at radius 2 is 1.80 bits per heavy atom. The van der Waals surface area contributed by atoms with Gasteiger partial charge < -0.3 is 4.74 Å². The highest BCUT2D eigenvalue weighted by atomic mass is 35.7. The topological polar surface area (TPSA) is 56.3 Å². The number of rotatable bonds is 3. The van der Waals surface area contributed by atoms with E-state index in [1.807, 2.05) is 0 Å². The van der Waals surface area contributed by atoms with Crippen molar-refractivity contribution in [2.75, 3.05) is 0 Å². The minimum Gasteiger partial charge on any atom is -0.406 e. The van der Waals surface area contributed by atoms with Gasteiger partial charge in [-0.05, 0) is 24.3 Å². The van der Waals surface area contributed by atoms with Crippen LogP contribution in [0.2, 0.25) is 0 Å². The lowest BCUT2D eigenvalue weighted by molar-refractivity contribution is -0.274. The van der Waals surface area contributed by atoms with Crippen molar-refractivity contribution in [3.63, 3.8) is 0 Å². The van der Waals surface area contributed by atoms with Crippen LogP contribution in [0, 0.1) is 0 Å². The first-order chi connectivity index (χ1) is 9.15. The SMILES string of the molecule is O=S(=O)(Cl)c1cnc(-c2ccc(OC(F)(F)F)cc2)s1. The third-order valence-electron chi connectivity index (χ3n) is 2.06. The van der Waals surface area contributed by atoms with Crippen molar-refractivity contribution < 1.29 is 26.3 Å². The van der Waals surface area contributed by atoms with Gasteiger partial charge in [0.2, 0.25) is 0 Å². The Kier molecular flexibility index (Phi) is 3.94. The summed E-state index contributed by atoms with van der Waals surface area (Å²) < 4.78 is 61.7. The number of hydrogen-bond donors (Lipinski definition) is 0. The lowest BCUT2D eigenvalue weighted by Crippen LogP contribution is -2.16. The van der Waals surface area contributed by atoms with Crippen molar-refractivity contribution in [1.29, 1.82) is 0 Å². The molecule has 0 unspecified atom stereocenters. The Bertz CT molecular complexity index is 710. The molecule has 2 aromatic rings. The number of aromatic nitrogens is 1. The molecule has 0 atom stereocenters. The molecular formula is C10H5ClF3NO3S2. The van der Waals surface area contributed by atoms with Crippen LogP contribution < -0.4 is 4.74 Å². The van der Waals surface area contributed by atoms with Crippen LogP contribution in [0.25, 0.3) is 10.6 Å². The zero-order chi connectivity index (χ0) is 15.0. The standard InChI is InChI=1S/C10H5ClF3NO3S2/c11-20(16,17)8-5-15-9(19-8)6-1-3-7(4-2-6)18-10(12,13)14/h1-5H. The second-order valence-corrected chi connectivity index (χ2v) is 7.32. The summed E-state index contributed by atoms with van der Waals surface area (Å²) in [5, 5.41) is 0.322. The summed E-state index contributed by atoms with van der Waals surface area (Å²) in [5.41, 5.74) is 0.455. The summed E-state index contributed by atoms with van der Waals surface area (Å²) in [6.45, 7) is 0. The van der Waals surface area contributed by atoms with E-state index in [0.29, 0.717) is 10.6 Å². The van der Waals surface area contributed by atoms with Gasteiger partial charge in [0.1, 0.15) is 10.8 Å². The van der Waals surface area contributed by atoms with Gasteiger partial charge in [-0.2, -0.15) is 0 Å². The molecule has 0 amide bonds. The van der Waals surface area contributed by atoms with Crippen LogP contribution in [0.1, 0.15) is 0 Å². The molecule has 1 aromatic carbocycles. The van der Waals surface area contributed by atoms with Crippen molar-refractivity contribution in [2.24, 2.45) is 0 Å². The van der Waals surface area contributed by atoms with E-state index in [-0.39, 0.29) is 9.96 Å². The number of thiazole rings is 1. The van der Waals surface area contributed by atoms with E-state index in [1.54, 1.807) is 0 Å². The Labute approximate surface area is 120 Å². The molecular weight excluding hydrogens is 339 g/mol. The number of ether oxygens (including phenoxy) is 1. The molecule has 2 rings (SSSR count). The van der Waals surface area contributed by atoms with Gasteiger partial charge in [0, 0.05) is 16.2 Å². The maximum absolute atomic E-state index is 12.0. The number of hydrogen-bond acceptors (Lipinski definition) is 5. The zero-order valence-electron chi connectivity index (χ0n) is 9.39. The first-order valence-corrected chi connectivity index (χ1v) is 8.04. The second-order valence-electron chi connectivity index (χ2n) is 3.49. The van der Waals surface area contributed by atoms with Crippen LogP contribution in [-0.2, 0) is 9.05 Å². The van der Waals surface area contributed by atoms with Crippen molar-refractivity contribution >= 4 is 31.1 Å². The molecule has 0 fully saturated rings. The number of benzene rings is 1. The van der Waals surface area contributed by atoms with Crippen LogP contribution in [0.4, 0.5) is 13.2 Å². The first-order valence-electron chi connectivity index (χ1n) is 4.92. The number of nitrogens with zero attached hydrogens (tertiary/aromatic N) is 1. The van der Waals surface area contributed by atoms with Crippen LogP contribution in [0.15, 0.2) is 34.7 Å². The average molecular weight is 344 g/mol. The number of halogens is 4. The predicted octanol–water partition coefficient (Wildman–Crippen LogP) is 3.64. The minimum atomic E-state index is -4.76. The van der Waals surface area contributed by atoms with Crippen molar-refractivity contribution in [1.82, 2.24) is 4.98 Å². The van der Waals surface area contributed by atoms with Crippen molar-refractivity contribution in [3.8, 4) is 16.3 Å². The third kappa shape index (κ3) is 3.84. The van der Waals surface area contributed by atoms with Gasteiger partial charge >= 0.3 is 6.36 Å². The number of alkyl halides is 3. The Morgan fingerprint density at radius 3 is 2.25 bits per heavy atom. The Hall–Kier alpha value is -1.32. The molecule has 0 aliphatic heterocycles. The fourth-order valence-electron chi connectivity index (χ4n) is 1.30. The summed E-state index contributed by atoms with van der Waals surface area (Å²) in [6.07, 6.45) is -3.68. The van der Waals surface area contributed by atoms with E-state index in [2.05, 4.69) is 9.72 Å². The van der Waals surface area contributed by atoms with Gasteiger partial charge in [0.15, 0.2) is 4.21 Å². The van der Waals surface area contributed by atoms with Crippen LogP contribution in [0.5, 0.6) is 5.75 Å². The van der Waals surface area contributed by atoms with Gasteiger partial charge in [-0.1, -0.05) is 0 Å². The van der Waals surface area contributed by atoms with Crippen molar-refractivity contribution in [3.05, 3.63) is 30.5 Å². The summed E-state index contributed by atoms with van der Waals surface area (Å²) in [4.78, 5) is 3.85. The molecule has 4 nitrogen and oxygen atoms in total.